The standard InChI is InChI=1S/C15H17N3O/c1-11-3-4-12-9-13(5-6-14(12)18-11)15(10-16)17-7-8-19-2/h3-6,9,15,17H,7-8H2,1-2H3. The third-order valence-corrected chi connectivity index (χ3v) is 2.97. The van der Waals surface area contributed by atoms with E-state index in [9.17, 15) is 5.26 Å². The number of nitrogens with zero attached hydrogens (tertiary/aromatic N) is 2. The third kappa shape index (κ3) is 3.28. The molecule has 1 aromatic heterocycles. The lowest BCUT2D eigenvalue weighted by Gasteiger charge is -2.12. The molecule has 0 aliphatic heterocycles. The van der Waals surface area contributed by atoms with Crippen LogP contribution in [0.25, 0.3) is 10.9 Å². The van der Waals surface area contributed by atoms with Gasteiger partial charge in [0.15, 0.2) is 0 Å². The summed E-state index contributed by atoms with van der Waals surface area (Å²) < 4.78 is 4.97. The predicted octanol–water partition coefficient (Wildman–Crippen LogP) is 2.34. The van der Waals surface area contributed by atoms with Crippen molar-refractivity contribution in [3.8, 4) is 6.07 Å². The van der Waals surface area contributed by atoms with Gasteiger partial charge in [0.1, 0.15) is 6.04 Å². The summed E-state index contributed by atoms with van der Waals surface area (Å²) in [5, 5.41) is 13.4. The maximum Gasteiger partial charge on any atom is 0.121 e. The third-order valence-electron chi connectivity index (χ3n) is 2.97. The van der Waals surface area contributed by atoms with Gasteiger partial charge in [-0.15, -0.1) is 0 Å². The highest BCUT2D eigenvalue weighted by atomic mass is 16.5. The second kappa shape index (κ2) is 6.28. The number of hydrogen-bond acceptors (Lipinski definition) is 4. The van der Waals surface area contributed by atoms with E-state index in [1.54, 1.807) is 7.11 Å². The van der Waals surface area contributed by atoms with E-state index >= 15 is 0 Å². The van der Waals surface area contributed by atoms with Crippen LogP contribution in [0, 0.1) is 18.3 Å². The summed E-state index contributed by atoms with van der Waals surface area (Å²) in [5.74, 6) is 0. The Balaban J connectivity index is 2.24. The Hall–Kier alpha value is -1.96. The Morgan fingerprint density at radius 2 is 2.21 bits per heavy atom. The molecule has 0 aliphatic rings. The average Bonchev–Trinajstić information content (AvgIpc) is 2.43. The summed E-state index contributed by atoms with van der Waals surface area (Å²) in [6.45, 7) is 3.21. The molecule has 2 aromatic rings. The van der Waals surface area contributed by atoms with Crippen molar-refractivity contribution in [3.63, 3.8) is 0 Å². The van der Waals surface area contributed by atoms with Crippen molar-refractivity contribution in [1.82, 2.24) is 10.3 Å². The molecule has 4 heteroatoms. The smallest absolute Gasteiger partial charge is 0.121 e. The molecule has 0 saturated carbocycles. The van der Waals surface area contributed by atoms with Crippen LogP contribution in [-0.2, 0) is 4.74 Å². The first-order valence-electron chi connectivity index (χ1n) is 6.24. The van der Waals surface area contributed by atoms with Crippen LogP contribution in [0.2, 0.25) is 0 Å². The molecule has 1 N–H and O–H groups in total. The zero-order valence-electron chi connectivity index (χ0n) is 11.2. The number of nitrogens with one attached hydrogen (secondary N) is 1. The number of methoxy groups -OCH3 is 1. The van der Waals surface area contributed by atoms with Crippen LogP contribution in [0.5, 0.6) is 0 Å². The maximum absolute atomic E-state index is 9.23. The minimum Gasteiger partial charge on any atom is -0.383 e. The van der Waals surface area contributed by atoms with Crippen molar-refractivity contribution in [2.24, 2.45) is 0 Å². The second-order valence-electron chi connectivity index (χ2n) is 4.41. The van der Waals surface area contributed by atoms with Gasteiger partial charge in [-0.05, 0) is 30.7 Å². The van der Waals surface area contributed by atoms with Crippen LogP contribution in [0.3, 0.4) is 0 Å². The van der Waals surface area contributed by atoms with E-state index in [1.807, 2.05) is 37.3 Å². The highest BCUT2D eigenvalue weighted by molar-refractivity contribution is 5.79. The van der Waals surface area contributed by atoms with Gasteiger partial charge < -0.3 is 4.74 Å². The lowest BCUT2D eigenvalue weighted by molar-refractivity contribution is 0.198. The summed E-state index contributed by atoms with van der Waals surface area (Å²) in [4.78, 5) is 4.45. The Morgan fingerprint density at radius 1 is 1.37 bits per heavy atom. The molecule has 0 radical (unpaired) electrons. The lowest BCUT2D eigenvalue weighted by Crippen LogP contribution is -2.23. The molecule has 1 atom stereocenters. The molecule has 98 valence electrons. The minimum absolute atomic E-state index is 0.319. The fourth-order valence-electron chi connectivity index (χ4n) is 1.97. The summed E-state index contributed by atoms with van der Waals surface area (Å²) in [7, 11) is 1.65. The first-order chi connectivity index (χ1) is 9.24. The molecule has 0 bridgehead atoms. The fourth-order valence-corrected chi connectivity index (χ4v) is 1.97. The number of aryl methyl sites for hydroxylation is 1. The Bertz CT molecular complexity index is 604. The first-order valence-corrected chi connectivity index (χ1v) is 6.24. The van der Waals surface area contributed by atoms with Crippen LogP contribution >= 0.6 is 0 Å². The van der Waals surface area contributed by atoms with Gasteiger partial charge in [0.05, 0.1) is 18.2 Å². The van der Waals surface area contributed by atoms with Crippen molar-refractivity contribution in [3.05, 3.63) is 41.6 Å². The van der Waals surface area contributed by atoms with Gasteiger partial charge in [0, 0.05) is 24.7 Å². The van der Waals surface area contributed by atoms with Gasteiger partial charge in [-0.25, -0.2) is 0 Å². The minimum atomic E-state index is -0.319. The molecule has 2 rings (SSSR count). The van der Waals surface area contributed by atoms with Crippen molar-refractivity contribution >= 4 is 10.9 Å². The van der Waals surface area contributed by atoms with Gasteiger partial charge in [-0.3, -0.25) is 10.3 Å². The molecular weight excluding hydrogens is 238 g/mol. The van der Waals surface area contributed by atoms with Crippen LogP contribution in [0.4, 0.5) is 0 Å². The number of ether oxygens (including phenoxy) is 1. The van der Waals surface area contributed by atoms with E-state index in [2.05, 4.69) is 16.4 Å². The molecule has 0 saturated heterocycles. The number of benzene rings is 1. The summed E-state index contributed by atoms with van der Waals surface area (Å²) >= 11 is 0. The highest BCUT2D eigenvalue weighted by Crippen LogP contribution is 2.19. The van der Waals surface area contributed by atoms with Crippen molar-refractivity contribution in [1.29, 1.82) is 5.26 Å². The van der Waals surface area contributed by atoms with Crippen LogP contribution in [-0.4, -0.2) is 25.2 Å². The quantitative estimate of drug-likeness (QED) is 0.833. The molecule has 19 heavy (non-hydrogen) atoms. The second-order valence-corrected chi connectivity index (χ2v) is 4.41. The topological polar surface area (TPSA) is 57.9 Å². The van der Waals surface area contributed by atoms with Gasteiger partial charge in [-0.1, -0.05) is 12.1 Å². The summed E-state index contributed by atoms with van der Waals surface area (Å²) in [5.41, 5.74) is 2.91. The number of rotatable bonds is 5. The summed E-state index contributed by atoms with van der Waals surface area (Å²) in [6, 6.07) is 11.9. The van der Waals surface area contributed by atoms with E-state index in [-0.39, 0.29) is 6.04 Å². The molecular formula is C15H17N3O. The first kappa shape index (κ1) is 13.5. The molecule has 1 unspecified atom stereocenters. The molecule has 0 aliphatic carbocycles. The Kier molecular flexibility index (Phi) is 4.45. The molecule has 0 spiro atoms. The largest absolute Gasteiger partial charge is 0.383 e. The van der Waals surface area contributed by atoms with Gasteiger partial charge >= 0.3 is 0 Å². The van der Waals surface area contributed by atoms with Crippen LogP contribution < -0.4 is 5.32 Å². The normalized spacial score (nSPS) is 12.3. The van der Waals surface area contributed by atoms with Crippen molar-refractivity contribution in [2.75, 3.05) is 20.3 Å². The zero-order chi connectivity index (χ0) is 13.7. The Labute approximate surface area is 113 Å². The van der Waals surface area contributed by atoms with Gasteiger partial charge in [0.2, 0.25) is 0 Å². The zero-order valence-corrected chi connectivity index (χ0v) is 11.2. The molecule has 1 heterocycles. The highest BCUT2D eigenvalue weighted by Gasteiger charge is 2.10. The summed E-state index contributed by atoms with van der Waals surface area (Å²) in [6.07, 6.45) is 0. The number of hydrogen-bond donors (Lipinski definition) is 1. The number of fused-ring (bicyclic) bond motifs is 1. The van der Waals surface area contributed by atoms with E-state index in [0.717, 1.165) is 22.2 Å². The van der Waals surface area contributed by atoms with Crippen LogP contribution in [0.15, 0.2) is 30.3 Å². The SMILES string of the molecule is COCCNC(C#N)c1ccc2nc(C)ccc2c1. The number of nitriles is 1. The van der Waals surface area contributed by atoms with E-state index in [0.29, 0.717) is 13.2 Å². The van der Waals surface area contributed by atoms with Crippen LogP contribution in [0.1, 0.15) is 17.3 Å². The lowest BCUT2D eigenvalue weighted by atomic mass is 10.0. The number of aromatic nitrogens is 1. The van der Waals surface area contributed by atoms with E-state index in [1.165, 1.54) is 0 Å². The molecule has 1 aromatic carbocycles. The maximum atomic E-state index is 9.23. The number of pyridine rings is 1. The van der Waals surface area contributed by atoms with Gasteiger partial charge in [0.25, 0.3) is 0 Å². The van der Waals surface area contributed by atoms with Crippen molar-refractivity contribution < 1.29 is 4.74 Å². The Morgan fingerprint density at radius 3 is 2.95 bits per heavy atom. The molecule has 0 amide bonds. The fraction of sp³-hybridized carbons (Fsp3) is 0.333. The molecule has 0 fully saturated rings. The monoisotopic (exact) mass is 255 g/mol. The van der Waals surface area contributed by atoms with E-state index in [4.69, 9.17) is 4.74 Å². The molecule has 4 nitrogen and oxygen atoms in total. The predicted molar refractivity (Wildman–Crippen MR) is 74.7 cm³/mol. The van der Waals surface area contributed by atoms with Gasteiger partial charge in [-0.2, -0.15) is 5.26 Å². The van der Waals surface area contributed by atoms with Crippen molar-refractivity contribution in [2.45, 2.75) is 13.0 Å². The average molecular weight is 255 g/mol. The van der Waals surface area contributed by atoms with E-state index < -0.39 is 0 Å².